The van der Waals surface area contributed by atoms with E-state index in [0.29, 0.717) is 12.7 Å². The minimum atomic E-state index is 0.320. The zero-order valence-electron chi connectivity index (χ0n) is 13.1. The van der Waals surface area contributed by atoms with Crippen molar-refractivity contribution in [3.8, 4) is 5.75 Å². The summed E-state index contributed by atoms with van der Waals surface area (Å²) >= 11 is 5.88. The molecule has 1 aromatic heterocycles. The van der Waals surface area contributed by atoms with Crippen molar-refractivity contribution in [2.45, 2.75) is 25.5 Å². The summed E-state index contributed by atoms with van der Waals surface area (Å²) in [6.07, 6.45) is 4.32. The molecule has 1 fully saturated rings. The van der Waals surface area contributed by atoms with Crippen LogP contribution in [0.4, 0.5) is 0 Å². The summed E-state index contributed by atoms with van der Waals surface area (Å²) in [5, 5.41) is 0.718. The van der Waals surface area contributed by atoms with E-state index in [4.69, 9.17) is 25.5 Å². The molecule has 0 radical (unpaired) electrons. The minimum absolute atomic E-state index is 0.320. The summed E-state index contributed by atoms with van der Waals surface area (Å²) in [4.78, 5) is 2.32. The topological polar surface area (TPSA) is 34.8 Å². The summed E-state index contributed by atoms with van der Waals surface area (Å²) in [6, 6.07) is 11.4. The maximum absolute atomic E-state index is 5.88. The van der Waals surface area contributed by atoms with Gasteiger partial charge in [-0.2, -0.15) is 0 Å². The molecule has 1 atom stereocenters. The highest BCUT2D eigenvalue weighted by molar-refractivity contribution is 6.30. The molecule has 2 aromatic rings. The van der Waals surface area contributed by atoms with E-state index in [1.54, 1.807) is 6.26 Å². The number of rotatable bonds is 8. The van der Waals surface area contributed by atoms with Gasteiger partial charge >= 0.3 is 0 Å². The third-order valence-corrected chi connectivity index (χ3v) is 4.19. The molecule has 4 nitrogen and oxygen atoms in total. The van der Waals surface area contributed by atoms with Gasteiger partial charge in [-0.3, -0.25) is 4.90 Å². The summed E-state index contributed by atoms with van der Waals surface area (Å²) in [5.74, 6) is 1.80. The number of furan rings is 1. The van der Waals surface area contributed by atoms with E-state index in [1.807, 2.05) is 36.4 Å². The molecule has 1 unspecified atom stereocenters. The van der Waals surface area contributed by atoms with Crippen LogP contribution in [0.2, 0.25) is 5.02 Å². The van der Waals surface area contributed by atoms with Gasteiger partial charge in [0.25, 0.3) is 0 Å². The lowest BCUT2D eigenvalue weighted by atomic mass is 10.2. The standard InChI is InChI=1S/C18H22ClNO3/c19-15-5-7-16(8-6-15)23-12-9-20(13-17-3-1-10-21-17)14-18-4-2-11-22-18/h1,3,5-8,10,18H,2,4,9,11-14H2. The quantitative estimate of drug-likeness (QED) is 0.730. The molecule has 0 N–H and O–H groups in total. The molecular formula is C18H22ClNO3. The van der Waals surface area contributed by atoms with Gasteiger partial charge in [-0.25, -0.2) is 0 Å². The number of nitrogens with zero attached hydrogens (tertiary/aromatic N) is 1. The van der Waals surface area contributed by atoms with Gasteiger partial charge in [-0.15, -0.1) is 0 Å². The molecule has 0 saturated carbocycles. The molecule has 1 saturated heterocycles. The largest absolute Gasteiger partial charge is 0.492 e. The number of benzene rings is 1. The van der Waals surface area contributed by atoms with Gasteiger partial charge < -0.3 is 13.9 Å². The Morgan fingerprint density at radius 2 is 2.09 bits per heavy atom. The summed E-state index contributed by atoms with van der Waals surface area (Å²) in [6.45, 7) is 4.00. The van der Waals surface area contributed by atoms with Crippen molar-refractivity contribution >= 4 is 11.6 Å². The highest BCUT2D eigenvalue weighted by atomic mass is 35.5. The molecular weight excluding hydrogens is 314 g/mol. The first-order chi connectivity index (χ1) is 11.3. The fourth-order valence-electron chi connectivity index (χ4n) is 2.76. The lowest BCUT2D eigenvalue weighted by Gasteiger charge is -2.24. The SMILES string of the molecule is Clc1ccc(OCCN(Cc2ccco2)CC2CCCO2)cc1. The van der Waals surface area contributed by atoms with Gasteiger partial charge in [-0.05, 0) is 49.2 Å². The second-order valence-electron chi connectivity index (χ2n) is 5.75. The molecule has 1 aromatic carbocycles. The Morgan fingerprint density at radius 1 is 1.22 bits per heavy atom. The van der Waals surface area contributed by atoms with Crippen molar-refractivity contribution in [3.05, 3.63) is 53.4 Å². The molecule has 0 bridgehead atoms. The fraction of sp³-hybridized carbons (Fsp3) is 0.444. The van der Waals surface area contributed by atoms with E-state index in [9.17, 15) is 0 Å². The van der Waals surface area contributed by atoms with Crippen molar-refractivity contribution in [3.63, 3.8) is 0 Å². The summed E-state index contributed by atoms with van der Waals surface area (Å²) < 4.78 is 17.0. The number of ether oxygens (including phenoxy) is 2. The molecule has 0 amide bonds. The van der Waals surface area contributed by atoms with Gasteiger partial charge in [0, 0.05) is 24.7 Å². The first-order valence-electron chi connectivity index (χ1n) is 8.04. The first-order valence-corrected chi connectivity index (χ1v) is 8.42. The predicted octanol–water partition coefficient (Wildman–Crippen LogP) is 3.99. The van der Waals surface area contributed by atoms with Crippen LogP contribution < -0.4 is 4.74 Å². The lowest BCUT2D eigenvalue weighted by molar-refractivity contribution is 0.0630. The Hall–Kier alpha value is -1.49. The van der Waals surface area contributed by atoms with Gasteiger partial charge in [0.05, 0.1) is 18.9 Å². The predicted molar refractivity (Wildman–Crippen MR) is 89.9 cm³/mol. The van der Waals surface area contributed by atoms with Gasteiger partial charge in [0.15, 0.2) is 0 Å². The second-order valence-corrected chi connectivity index (χ2v) is 6.19. The normalized spacial score (nSPS) is 17.7. The molecule has 0 aliphatic carbocycles. The third-order valence-electron chi connectivity index (χ3n) is 3.94. The molecule has 0 spiro atoms. The van der Waals surface area contributed by atoms with Crippen molar-refractivity contribution in [1.29, 1.82) is 0 Å². The third kappa shape index (κ3) is 5.27. The molecule has 23 heavy (non-hydrogen) atoms. The average Bonchev–Trinajstić information content (AvgIpc) is 3.23. The van der Waals surface area contributed by atoms with Crippen LogP contribution in [-0.4, -0.2) is 37.3 Å². The number of hydrogen-bond acceptors (Lipinski definition) is 4. The van der Waals surface area contributed by atoms with Crippen LogP contribution >= 0.6 is 11.6 Å². The van der Waals surface area contributed by atoms with E-state index in [0.717, 1.165) is 55.6 Å². The Bertz CT molecular complexity index is 564. The van der Waals surface area contributed by atoms with Crippen molar-refractivity contribution in [2.75, 3.05) is 26.3 Å². The van der Waals surface area contributed by atoms with Gasteiger partial charge in [-0.1, -0.05) is 11.6 Å². The van der Waals surface area contributed by atoms with Gasteiger partial charge in [0.2, 0.25) is 0 Å². The Balaban J connectivity index is 1.50. The summed E-state index contributed by atoms with van der Waals surface area (Å²) in [5.41, 5.74) is 0. The highest BCUT2D eigenvalue weighted by Gasteiger charge is 2.20. The van der Waals surface area contributed by atoms with E-state index in [1.165, 1.54) is 0 Å². The maximum Gasteiger partial charge on any atom is 0.119 e. The Labute approximate surface area is 141 Å². The Morgan fingerprint density at radius 3 is 2.78 bits per heavy atom. The molecule has 1 aliphatic rings. The minimum Gasteiger partial charge on any atom is -0.492 e. The fourth-order valence-corrected chi connectivity index (χ4v) is 2.88. The lowest BCUT2D eigenvalue weighted by Crippen LogP contribution is -2.34. The average molecular weight is 336 g/mol. The van der Waals surface area contributed by atoms with E-state index >= 15 is 0 Å². The second kappa shape index (κ2) is 8.39. The van der Waals surface area contributed by atoms with Crippen LogP contribution in [0.3, 0.4) is 0 Å². The van der Waals surface area contributed by atoms with Crippen molar-refractivity contribution in [1.82, 2.24) is 4.90 Å². The van der Waals surface area contributed by atoms with Crippen molar-refractivity contribution in [2.24, 2.45) is 0 Å². The van der Waals surface area contributed by atoms with Crippen LogP contribution in [0.15, 0.2) is 47.1 Å². The maximum atomic E-state index is 5.88. The van der Waals surface area contributed by atoms with Crippen LogP contribution in [0.1, 0.15) is 18.6 Å². The van der Waals surface area contributed by atoms with Crippen molar-refractivity contribution < 1.29 is 13.9 Å². The number of halogens is 1. The number of hydrogen-bond donors (Lipinski definition) is 0. The van der Waals surface area contributed by atoms with Crippen LogP contribution in [0, 0.1) is 0 Å². The molecule has 3 rings (SSSR count). The molecule has 124 valence electrons. The monoisotopic (exact) mass is 335 g/mol. The zero-order valence-corrected chi connectivity index (χ0v) is 13.9. The van der Waals surface area contributed by atoms with E-state index < -0.39 is 0 Å². The Kier molecular flexibility index (Phi) is 5.97. The van der Waals surface area contributed by atoms with Crippen LogP contribution in [-0.2, 0) is 11.3 Å². The molecule has 2 heterocycles. The van der Waals surface area contributed by atoms with Crippen LogP contribution in [0.5, 0.6) is 5.75 Å². The zero-order chi connectivity index (χ0) is 15.9. The van der Waals surface area contributed by atoms with Gasteiger partial charge in [0.1, 0.15) is 18.1 Å². The van der Waals surface area contributed by atoms with Crippen LogP contribution in [0.25, 0.3) is 0 Å². The molecule has 1 aliphatic heterocycles. The molecule has 5 heteroatoms. The van der Waals surface area contributed by atoms with E-state index in [2.05, 4.69) is 4.90 Å². The smallest absolute Gasteiger partial charge is 0.119 e. The van der Waals surface area contributed by atoms with E-state index in [-0.39, 0.29) is 0 Å². The first kappa shape index (κ1) is 16.4. The summed E-state index contributed by atoms with van der Waals surface area (Å²) in [7, 11) is 0. The highest BCUT2D eigenvalue weighted by Crippen LogP contribution is 2.17.